The topological polar surface area (TPSA) is 312 Å². The van der Waals surface area contributed by atoms with Gasteiger partial charge in [-0.3, -0.25) is 49.2 Å². The fourth-order valence-corrected chi connectivity index (χ4v) is 10.1. The number of amides is 6. The molecule has 5 heterocycles. The van der Waals surface area contributed by atoms with Crippen LogP contribution in [-0.4, -0.2) is 188 Å². The lowest BCUT2D eigenvalue weighted by atomic mass is 9.94. The zero-order valence-corrected chi connectivity index (χ0v) is 41.1. The van der Waals surface area contributed by atoms with Crippen LogP contribution in [0.1, 0.15) is 127 Å². The molecule has 0 spiro atoms. The van der Waals surface area contributed by atoms with Gasteiger partial charge in [0.2, 0.25) is 11.7 Å². The number of rotatable bonds is 9. The van der Waals surface area contributed by atoms with Gasteiger partial charge in [-0.15, -0.1) is 0 Å². The van der Waals surface area contributed by atoms with E-state index in [0.29, 0.717) is 18.8 Å². The Morgan fingerprint density at radius 3 is 2.13 bits per heavy atom. The van der Waals surface area contributed by atoms with E-state index >= 15 is 4.79 Å². The van der Waals surface area contributed by atoms with Crippen molar-refractivity contribution in [3.05, 3.63) is 0 Å². The predicted octanol–water partition coefficient (Wildman–Crippen LogP) is -0.704. The van der Waals surface area contributed by atoms with Gasteiger partial charge in [-0.05, 0) is 83.0 Å². The number of hydrazine groups is 2. The molecule has 0 aliphatic carbocycles. The third-order valence-corrected chi connectivity index (χ3v) is 14.7. The number of carbonyl (C=O) groups is 7. The number of nitrogens with zero attached hydrogens (tertiary/aromatic N) is 5. The SMILES string of the molecule is CC(C)[C@H]1C(=O)O[C@@H](C(C)C)[C@H](N[13C](=O)[C@@]([13CH3])(O)[C@@]2(O)CC[C@H]([13CH2][13C@H]([13CH3])[13CH2][13CH3])[13C@@H]([13CH2][13CH3])O2)C(=O)N2NCCC[C@@H]2C(=O)N(O)[C@@H](C)C(=O)N2NC[C@H](O)C[C@@H]2C(=O)N2[13CH2][13CH2][13C@@]([13CH3])(O)[13C@H]2[13C](=O)N1O. The van der Waals surface area contributed by atoms with Crippen molar-refractivity contribution in [1.82, 2.24) is 41.2 Å². The van der Waals surface area contributed by atoms with Crippen molar-refractivity contribution < 1.29 is 73.9 Å². The van der Waals surface area contributed by atoms with Crippen molar-refractivity contribution in [3.63, 3.8) is 0 Å². The number of aliphatic hydroxyl groups is 4. The Morgan fingerprint density at radius 2 is 1.53 bits per heavy atom. The van der Waals surface area contributed by atoms with Crippen LogP contribution in [0.2, 0.25) is 0 Å². The maximum absolute atomic E-state index is 15.1. The van der Waals surface area contributed by atoms with E-state index in [1.807, 2.05) is 6.92 Å². The van der Waals surface area contributed by atoms with Gasteiger partial charge >= 0.3 is 5.97 Å². The third kappa shape index (κ3) is 10.8. The van der Waals surface area contributed by atoms with E-state index in [2.05, 4.69) is 30.0 Å². The number of esters is 1. The van der Waals surface area contributed by atoms with Crippen LogP contribution in [0.4, 0.5) is 0 Å². The van der Waals surface area contributed by atoms with E-state index in [-0.39, 0.29) is 67.8 Å². The number of hydroxylamine groups is 4. The fraction of sp³-hybridized carbons (Fsp3) is 0.844. The molecule has 5 saturated heterocycles. The summed E-state index contributed by atoms with van der Waals surface area (Å²) in [4.78, 5) is 103. The minimum Gasteiger partial charge on any atom is -0.458 e. The Labute approximate surface area is 397 Å². The van der Waals surface area contributed by atoms with E-state index in [1.165, 1.54) is 34.6 Å². The first-order valence-electron chi connectivity index (χ1n) is 24.2. The second-order valence-electron chi connectivity index (χ2n) is 20.6. The molecule has 0 radical (unpaired) electrons. The quantitative estimate of drug-likeness (QED) is 0.0784. The first-order chi connectivity index (χ1) is 31.6. The van der Waals surface area contributed by atoms with Gasteiger partial charge in [0.15, 0.2) is 11.6 Å². The van der Waals surface area contributed by atoms with Crippen LogP contribution >= 0.6 is 0 Å². The molecule has 5 aliphatic heterocycles. The van der Waals surface area contributed by atoms with E-state index < -0.39 is 125 Å². The summed E-state index contributed by atoms with van der Waals surface area (Å²) in [6.45, 7) is 15.0. The molecule has 14 atom stereocenters. The highest BCUT2D eigenvalue weighted by Gasteiger charge is 2.59. The largest absolute Gasteiger partial charge is 0.458 e. The maximum atomic E-state index is 15.1. The Morgan fingerprint density at radius 1 is 0.882 bits per heavy atom. The van der Waals surface area contributed by atoms with Crippen LogP contribution in [0.15, 0.2) is 0 Å². The van der Waals surface area contributed by atoms with E-state index in [0.717, 1.165) is 41.6 Å². The number of hydrogen-bond acceptors (Lipinski definition) is 17. The first kappa shape index (κ1) is 54.9. The molecule has 386 valence electrons. The highest BCUT2D eigenvalue weighted by atomic mass is 16.7. The molecule has 0 aromatic rings. The van der Waals surface area contributed by atoms with Gasteiger partial charge in [0.1, 0.15) is 36.3 Å². The van der Waals surface area contributed by atoms with Gasteiger partial charge in [-0.2, -0.15) is 0 Å². The van der Waals surface area contributed by atoms with Crippen molar-refractivity contribution >= 4 is 41.4 Å². The molecule has 0 saturated carbocycles. The zero-order chi connectivity index (χ0) is 51.0. The monoisotopic (exact) mass is 985 g/mol. The Balaban J connectivity index is 1.62. The summed E-state index contributed by atoms with van der Waals surface area (Å²) in [5.74, 6) is -12.1. The minimum absolute atomic E-state index is 0.0101. The molecule has 23 heteroatoms. The lowest BCUT2D eigenvalue weighted by Gasteiger charge is -2.48. The van der Waals surface area contributed by atoms with Gasteiger partial charge in [0.25, 0.3) is 29.5 Å². The predicted molar refractivity (Wildman–Crippen MR) is 237 cm³/mol. The smallest absolute Gasteiger partial charge is 0.332 e. The molecule has 0 aromatic heterocycles. The third-order valence-electron chi connectivity index (χ3n) is 14.7. The van der Waals surface area contributed by atoms with Gasteiger partial charge in [-0.1, -0.05) is 54.9 Å². The van der Waals surface area contributed by atoms with Crippen LogP contribution in [-0.2, 0) is 43.0 Å². The first-order valence-corrected chi connectivity index (χ1v) is 24.2. The summed E-state index contributed by atoms with van der Waals surface area (Å²) in [6, 6.07) is -10.6. The molecule has 68 heavy (non-hydrogen) atoms. The number of carbonyl (C=O) groups excluding carboxylic acids is 7. The molecule has 9 N–H and O–H groups in total. The summed E-state index contributed by atoms with van der Waals surface area (Å²) >= 11 is 0. The summed E-state index contributed by atoms with van der Waals surface area (Å²) in [7, 11) is 0. The van der Waals surface area contributed by atoms with Crippen molar-refractivity contribution in [3.8, 4) is 0 Å². The standard InChI is InChI=1S/C45H76N8O15/c1-11-25(7)20-27-15-16-45(64,68-31(27)12-2)44(10,63)42(61)48-32-34(24(5)6)67-41(60)33(23(3)4)53(66)40(59)35-43(9,62)17-19-49(35)37(56)30-21-28(54)22-47-51(30)36(55)26(8)52(65)38(57)29-14-13-18-46-50(29)39(32)58/h23-35,46-47,54,62-66H,11-22H2,1-10H3,(H,48,61)/t25-,26+,27-,28-,29-,30-,31-,32+,33+,34+,35-,43-,44-,45-/m1/s1/i1+1,2+1,7+1,9+1,10+1,11+1,12+1,17+1,19+1,20+1,25+1,31+1,35+1,40+1,42+1,43+1. The number of fused-ring (bicyclic) bond motifs is 3. The molecule has 0 bridgehead atoms. The van der Waals surface area contributed by atoms with Gasteiger partial charge in [-0.25, -0.2) is 25.8 Å². The number of β-amino-alcohol motifs (C(OH)–C–C–N with tert-alkyl or cyclic N) is 1. The van der Waals surface area contributed by atoms with Crippen molar-refractivity contribution in [2.45, 2.75) is 199 Å². The Kier molecular flexibility index (Phi) is 17.4. The van der Waals surface area contributed by atoms with Crippen molar-refractivity contribution in [1.29, 1.82) is 0 Å². The highest BCUT2D eigenvalue weighted by Crippen LogP contribution is 2.42. The molecule has 5 rings (SSSR count). The van der Waals surface area contributed by atoms with E-state index in [1.54, 1.807) is 0 Å². The van der Waals surface area contributed by atoms with E-state index in [4.69, 9.17) is 9.47 Å². The average Bonchev–Trinajstić information content (AvgIpc) is 3.62. The summed E-state index contributed by atoms with van der Waals surface area (Å²) in [5.41, 5.74) is 0.710. The number of nitrogens with one attached hydrogen (secondary N) is 3. The molecular weight excluding hydrogens is 908 g/mol. The average molecular weight is 985 g/mol. The zero-order valence-electron chi connectivity index (χ0n) is 41.1. The van der Waals surface area contributed by atoms with Crippen molar-refractivity contribution in [2.24, 2.45) is 23.7 Å². The van der Waals surface area contributed by atoms with Gasteiger partial charge in [0.05, 0.1) is 17.8 Å². The van der Waals surface area contributed by atoms with Gasteiger partial charge in [0, 0.05) is 32.5 Å². The Hall–Kier alpha value is -4.07. The summed E-state index contributed by atoms with van der Waals surface area (Å²) in [5, 5.41) is 73.8. The van der Waals surface area contributed by atoms with Crippen LogP contribution in [0.5, 0.6) is 0 Å². The lowest BCUT2D eigenvalue weighted by molar-refractivity contribution is -0.329. The Bertz CT molecular complexity index is 1890. The highest BCUT2D eigenvalue weighted by molar-refractivity contribution is 5.98. The molecule has 5 fully saturated rings. The molecule has 6 amide bonds. The van der Waals surface area contributed by atoms with Crippen molar-refractivity contribution in [2.75, 3.05) is 19.6 Å². The molecule has 23 nitrogen and oxygen atoms in total. The summed E-state index contributed by atoms with van der Waals surface area (Å²) in [6.07, 6.45) is -1.48. The number of ether oxygens (including phenoxy) is 2. The van der Waals surface area contributed by atoms with Crippen LogP contribution in [0.25, 0.3) is 0 Å². The normalized spacial score (nSPS) is 36.6. The van der Waals surface area contributed by atoms with Crippen LogP contribution in [0, 0.1) is 23.7 Å². The van der Waals surface area contributed by atoms with Gasteiger partial charge < -0.3 is 40.1 Å². The number of hydrogen-bond donors (Lipinski definition) is 9. The summed E-state index contributed by atoms with van der Waals surface area (Å²) < 4.78 is 12.2. The maximum Gasteiger partial charge on any atom is 0.332 e. The second kappa shape index (κ2) is 21.5. The molecule has 0 aromatic carbocycles. The van der Waals surface area contributed by atoms with Crippen LogP contribution < -0.4 is 16.2 Å². The number of aliphatic hydroxyl groups excluding tert-OH is 1. The minimum atomic E-state index is -2.76. The molecular formula is C45H76N8O15. The number of cyclic esters (lactones) is 1. The van der Waals surface area contributed by atoms with Crippen LogP contribution in [0.3, 0.4) is 0 Å². The molecule has 0 unspecified atom stereocenters. The fourth-order valence-electron chi connectivity index (χ4n) is 10.1. The molecule has 5 aliphatic rings. The van der Waals surface area contributed by atoms with E-state index in [9.17, 15) is 59.6 Å². The second-order valence-corrected chi connectivity index (χ2v) is 20.6. The lowest BCUT2D eigenvalue weighted by Crippen LogP contribution is -2.70.